The van der Waals surface area contributed by atoms with Crippen LogP contribution in [0.1, 0.15) is 15.9 Å². The predicted molar refractivity (Wildman–Crippen MR) is 147 cm³/mol. The molecule has 1 amide bonds. The molecule has 5 heterocycles. The Kier molecular flexibility index (Phi) is 7.27. The van der Waals surface area contributed by atoms with Gasteiger partial charge in [-0.1, -0.05) is 42.1 Å². The predicted octanol–water partition coefficient (Wildman–Crippen LogP) is 2.91. The molecule has 11 heteroatoms. The minimum Gasteiger partial charge on any atom is -0.378 e. The first-order valence-corrected chi connectivity index (χ1v) is 13.7. The van der Waals surface area contributed by atoms with E-state index in [1.807, 2.05) is 23.1 Å². The molecular formula is C27H28N8O2S. The van der Waals surface area contributed by atoms with Crippen LogP contribution in [0, 0.1) is 0 Å². The number of nitrogens with zero attached hydrogens (tertiary/aromatic N) is 8. The highest BCUT2D eigenvalue weighted by molar-refractivity contribution is 7.98. The van der Waals surface area contributed by atoms with E-state index >= 15 is 0 Å². The molecule has 0 aliphatic carbocycles. The number of hydrogen-bond donors (Lipinski definition) is 0. The third-order valence-corrected chi connectivity index (χ3v) is 7.76. The Hall–Kier alpha value is -3.83. The van der Waals surface area contributed by atoms with Crippen LogP contribution >= 0.6 is 11.8 Å². The van der Waals surface area contributed by atoms with Crippen LogP contribution in [0.4, 0.5) is 11.8 Å². The Morgan fingerprint density at radius 2 is 1.68 bits per heavy atom. The van der Waals surface area contributed by atoms with Crippen molar-refractivity contribution in [1.29, 1.82) is 0 Å². The van der Waals surface area contributed by atoms with E-state index in [1.165, 1.54) is 5.56 Å². The molecule has 4 aromatic rings. The van der Waals surface area contributed by atoms with Crippen LogP contribution in [0.25, 0.3) is 11.0 Å². The summed E-state index contributed by atoms with van der Waals surface area (Å²) in [6.45, 7) is 5.24. The lowest BCUT2D eigenvalue weighted by atomic mass is 10.2. The van der Waals surface area contributed by atoms with Crippen molar-refractivity contribution in [2.45, 2.75) is 10.8 Å². The van der Waals surface area contributed by atoms with Crippen LogP contribution in [0.2, 0.25) is 0 Å². The Balaban J connectivity index is 1.29. The van der Waals surface area contributed by atoms with E-state index < -0.39 is 0 Å². The topological polar surface area (TPSA) is 100 Å². The monoisotopic (exact) mass is 528 g/mol. The molecule has 2 fully saturated rings. The normalized spacial score (nSPS) is 16.2. The first-order chi connectivity index (χ1) is 18.8. The quantitative estimate of drug-likeness (QED) is 0.274. The van der Waals surface area contributed by atoms with E-state index in [2.05, 4.69) is 36.9 Å². The second-order valence-corrected chi connectivity index (χ2v) is 10.1. The summed E-state index contributed by atoms with van der Waals surface area (Å²) >= 11 is 1.65. The van der Waals surface area contributed by atoms with Crippen molar-refractivity contribution in [2.75, 3.05) is 62.3 Å². The van der Waals surface area contributed by atoms with Crippen LogP contribution in [-0.4, -0.2) is 88.2 Å². The van der Waals surface area contributed by atoms with Gasteiger partial charge in [0, 0.05) is 57.4 Å². The molecule has 0 radical (unpaired) electrons. The molecule has 0 N–H and O–H groups in total. The zero-order valence-corrected chi connectivity index (χ0v) is 21.8. The molecule has 10 nitrogen and oxygen atoms in total. The van der Waals surface area contributed by atoms with Gasteiger partial charge in [-0.2, -0.15) is 4.98 Å². The van der Waals surface area contributed by atoms with Gasteiger partial charge in [0.2, 0.25) is 5.95 Å². The summed E-state index contributed by atoms with van der Waals surface area (Å²) < 4.78 is 5.59. The number of thioether (sulfide) groups is 1. The number of aromatic nitrogens is 5. The number of carbonyl (C=O) groups is 1. The van der Waals surface area contributed by atoms with Crippen LogP contribution in [-0.2, 0) is 10.5 Å². The largest absolute Gasteiger partial charge is 0.378 e. The van der Waals surface area contributed by atoms with Crippen molar-refractivity contribution in [3.63, 3.8) is 0 Å². The number of hydrogen-bond acceptors (Lipinski definition) is 10. The fraction of sp³-hybridized carbons (Fsp3) is 0.333. The Morgan fingerprint density at radius 3 is 2.45 bits per heavy atom. The Bertz CT molecular complexity index is 1390. The fourth-order valence-corrected chi connectivity index (χ4v) is 5.55. The number of benzene rings is 1. The van der Waals surface area contributed by atoms with Crippen molar-refractivity contribution in [2.24, 2.45) is 0 Å². The third-order valence-electron chi connectivity index (χ3n) is 6.71. The van der Waals surface area contributed by atoms with Gasteiger partial charge in [0.15, 0.2) is 5.82 Å². The number of pyridine rings is 1. The molecule has 0 spiro atoms. The van der Waals surface area contributed by atoms with Crippen LogP contribution in [0.5, 0.6) is 0 Å². The highest BCUT2D eigenvalue weighted by atomic mass is 32.2. The van der Waals surface area contributed by atoms with E-state index in [0.717, 1.165) is 40.7 Å². The standard InChI is InChI=1S/C27H28N8O2S/c36-26(21-7-4-8-28-17-21)34-9-11-35(12-10-34)27-31-23-22(24(32-27)33-13-15-37-16-14-33)29-19-30-25(23)38-18-20-5-2-1-3-6-20/h1-8,17,19H,9-16,18H2. The second kappa shape index (κ2) is 11.3. The highest BCUT2D eigenvalue weighted by Crippen LogP contribution is 2.32. The summed E-state index contributed by atoms with van der Waals surface area (Å²) in [7, 11) is 0. The van der Waals surface area contributed by atoms with Crippen molar-refractivity contribution < 1.29 is 9.53 Å². The van der Waals surface area contributed by atoms with Gasteiger partial charge < -0.3 is 19.4 Å². The number of ether oxygens (including phenoxy) is 1. The molecule has 38 heavy (non-hydrogen) atoms. The van der Waals surface area contributed by atoms with E-state index in [1.54, 1.807) is 42.6 Å². The molecular weight excluding hydrogens is 500 g/mol. The van der Waals surface area contributed by atoms with E-state index in [4.69, 9.17) is 14.7 Å². The molecule has 0 unspecified atom stereocenters. The number of fused-ring (bicyclic) bond motifs is 1. The minimum absolute atomic E-state index is 0.000756. The second-order valence-electron chi connectivity index (χ2n) is 9.12. The number of amides is 1. The molecule has 2 saturated heterocycles. The van der Waals surface area contributed by atoms with Crippen LogP contribution in [0.15, 0.2) is 66.2 Å². The molecule has 1 aromatic carbocycles. The van der Waals surface area contributed by atoms with Crippen LogP contribution < -0.4 is 9.80 Å². The van der Waals surface area contributed by atoms with Gasteiger partial charge in [-0.05, 0) is 17.7 Å². The van der Waals surface area contributed by atoms with E-state index in [9.17, 15) is 4.79 Å². The maximum Gasteiger partial charge on any atom is 0.255 e. The first kappa shape index (κ1) is 24.5. The van der Waals surface area contributed by atoms with Gasteiger partial charge in [-0.15, -0.1) is 0 Å². The number of anilines is 2. The molecule has 3 aromatic heterocycles. The van der Waals surface area contributed by atoms with Gasteiger partial charge in [0.05, 0.1) is 18.8 Å². The maximum absolute atomic E-state index is 12.9. The average Bonchev–Trinajstić information content (AvgIpc) is 3.00. The average molecular weight is 529 g/mol. The number of carbonyl (C=O) groups excluding carboxylic acids is 1. The Morgan fingerprint density at radius 1 is 0.868 bits per heavy atom. The van der Waals surface area contributed by atoms with Crippen molar-refractivity contribution >= 4 is 40.5 Å². The molecule has 0 saturated carbocycles. The van der Waals surface area contributed by atoms with Gasteiger partial charge in [0.1, 0.15) is 22.4 Å². The van der Waals surface area contributed by atoms with E-state index in [0.29, 0.717) is 50.9 Å². The van der Waals surface area contributed by atoms with E-state index in [-0.39, 0.29) is 5.91 Å². The fourth-order valence-electron chi connectivity index (χ4n) is 4.65. The highest BCUT2D eigenvalue weighted by Gasteiger charge is 2.27. The molecule has 2 aliphatic heterocycles. The van der Waals surface area contributed by atoms with Crippen molar-refractivity contribution in [3.8, 4) is 0 Å². The van der Waals surface area contributed by atoms with Gasteiger partial charge in [0.25, 0.3) is 5.91 Å². The number of rotatable bonds is 6. The summed E-state index contributed by atoms with van der Waals surface area (Å²) in [5.41, 5.74) is 3.34. The number of piperazine rings is 1. The third kappa shape index (κ3) is 5.25. The SMILES string of the molecule is O=C(c1cccnc1)N1CCN(c2nc(N3CCOCC3)c3ncnc(SCc4ccccc4)c3n2)CC1. The minimum atomic E-state index is -0.000756. The summed E-state index contributed by atoms with van der Waals surface area (Å²) in [6, 6.07) is 13.9. The molecule has 6 rings (SSSR count). The summed E-state index contributed by atoms with van der Waals surface area (Å²) in [5.74, 6) is 2.24. The van der Waals surface area contributed by atoms with Crippen molar-refractivity contribution in [1.82, 2.24) is 29.8 Å². The first-order valence-electron chi connectivity index (χ1n) is 12.7. The smallest absolute Gasteiger partial charge is 0.255 e. The van der Waals surface area contributed by atoms with Gasteiger partial charge in [-0.25, -0.2) is 15.0 Å². The lowest BCUT2D eigenvalue weighted by molar-refractivity contribution is 0.0746. The summed E-state index contributed by atoms with van der Waals surface area (Å²) in [4.78, 5) is 42.4. The lowest BCUT2D eigenvalue weighted by Crippen LogP contribution is -2.49. The molecule has 2 aliphatic rings. The molecule has 0 atom stereocenters. The maximum atomic E-state index is 12.9. The number of morpholine rings is 1. The Labute approximate surface area is 225 Å². The summed E-state index contributed by atoms with van der Waals surface area (Å²) in [5, 5.41) is 0.836. The van der Waals surface area contributed by atoms with Gasteiger partial charge in [-0.3, -0.25) is 9.78 Å². The lowest BCUT2D eigenvalue weighted by Gasteiger charge is -2.35. The zero-order valence-electron chi connectivity index (χ0n) is 20.9. The van der Waals surface area contributed by atoms with Crippen molar-refractivity contribution in [3.05, 3.63) is 72.3 Å². The molecule has 0 bridgehead atoms. The molecule has 194 valence electrons. The zero-order chi connectivity index (χ0) is 25.7. The van der Waals surface area contributed by atoms with Crippen LogP contribution in [0.3, 0.4) is 0 Å². The summed E-state index contributed by atoms with van der Waals surface area (Å²) in [6.07, 6.45) is 4.89. The van der Waals surface area contributed by atoms with Gasteiger partial charge >= 0.3 is 0 Å².